The quantitative estimate of drug-likeness (QED) is 0.468. The molecule has 0 saturated heterocycles. The molecule has 0 aliphatic heterocycles. The van der Waals surface area contributed by atoms with Gasteiger partial charge in [-0.1, -0.05) is 0 Å². The van der Waals surface area contributed by atoms with Crippen LogP contribution in [0, 0.1) is 0 Å². The molecule has 0 unspecified atom stereocenters. The van der Waals surface area contributed by atoms with E-state index < -0.39 is 0 Å². The molecular weight excluding hydrogens is 132 g/mol. The number of carbonyl (C=O) groups excluding carboxylic acids is 1. The highest BCUT2D eigenvalue weighted by Crippen LogP contribution is 1.80. The molecule has 0 aliphatic carbocycles. The van der Waals surface area contributed by atoms with Crippen LogP contribution in [0.1, 0.15) is 13.3 Å². The highest BCUT2D eigenvalue weighted by molar-refractivity contribution is 5.76. The minimum atomic E-state index is -0.168. The summed E-state index contributed by atoms with van der Waals surface area (Å²) in [5.74, 6) is -0.107. The lowest BCUT2D eigenvalue weighted by Crippen LogP contribution is -2.35. The maximum atomic E-state index is 10.7. The summed E-state index contributed by atoms with van der Waals surface area (Å²) in [4.78, 5) is 10.7. The third kappa shape index (κ3) is 4.29. The maximum absolute atomic E-state index is 10.7. The van der Waals surface area contributed by atoms with Crippen LogP contribution in [0.4, 0.5) is 0 Å². The molecule has 0 heterocycles. The number of nitrogens with one attached hydrogen (secondary N) is 1. The first-order chi connectivity index (χ1) is 4.70. The lowest BCUT2D eigenvalue weighted by Gasteiger charge is -2.09. The normalized spacial score (nSPS) is 12.7. The zero-order valence-corrected chi connectivity index (χ0v) is 6.13. The van der Waals surface area contributed by atoms with Crippen LogP contribution in [0.15, 0.2) is 0 Å². The SMILES string of the molecule is C[C@H](CO)NC(=O)CCN. The average Bonchev–Trinajstić information content (AvgIpc) is 1.88. The molecule has 0 aromatic heterocycles. The minimum Gasteiger partial charge on any atom is -0.394 e. The minimum absolute atomic E-state index is 0.0314. The van der Waals surface area contributed by atoms with E-state index in [4.69, 9.17) is 10.8 Å². The summed E-state index contributed by atoms with van der Waals surface area (Å²) in [6.45, 7) is 2.05. The van der Waals surface area contributed by atoms with E-state index >= 15 is 0 Å². The molecule has 0 rings (SSSR count). The van der Waals surface area contributed by atoms with Crippen LogP contribution in [0.25, 0.3) is 0 Å². The van der Waals surface area contributed by atoms with Gasteiger partial charge in [0.2, 0.25) is 5.91 Å². The van der Waals surface area contributed by atoms with Crippen molar-refractivity contribution in [1.82, 2.24) is 5.32 Å². The number of rotatable bonds is 4. The molecule has 0 aliphatic rings. The number of nitrogens with two attached hydrogens (primary N) is 1. The number of hydrogen-bond donors (Lipinski definition) is 3. The maximum Gasteiger partial charge on any atom is 0.221 e. The Balaban J connectivity index is 3.37. The fourth-order valence-electron chi connectivity index (χ4n) is 0.524. The monoisotopic (exact) mass is 146 g/mol. The van der Waals surface area contributed by atoms with Gasteiger partial charge in [-0.2, -0.15) is 0 Å². The molecule has 10 heavy (non-hydrogen) atoms. The van der Waals surface area contributed by atoms with E-state index in [-0.39, 0.29) is 18.6 Å². The number of aliphatic hydroxyl groups is 1. The van der Waals surface area contributed by atoms with Crippen molar-refractivity contribution in [3.05, 3.63) is 0 Å². The summed E-state index contributed by atoms with van der Waals surface area (Å²) in [6.07, 6.45) is 0.324. The van der Waals surface area contributed by atoms with Crippen LogP contribution < -0.4 is 11.1 Å². The van der Waals surface area contributed by atoms with Crippen LogP contribution in [0.5, 0.6) is 0 Å². The Morgan fingerprint density at radius 2 is 2.40 bits per heavy atom. The Hall–Kier alpha value is -0.610. The van der Waals surface area contributed by atoms with Crippen molar-refractivity contribution >= 4 is 5.91 Å². The Labute approximate surface area is 60.4 Å². The first-order valence-electron chi connectivity index (χ1n) is 3.31. The molecule has 4 N–H and O–H groups in total. The molecular formula is C6H14N2O2. The predicted molar refractivity (Wildman–Crippen MR) is 38.4 cm³/mol. The molecule has 0 saturated carbocycles. The molecule has 60 valence electrons. The van der Waals surface area contributed by atoms with E-state index in [9.17, 15) is 4.79 Å². The fraction of sp³-hybridized carbons (Fsp3) is 0.833. The van der Waals surface area contributed by atoms with Crippen LogP contribution >= 0.6 is 0 Å². The molecule has 0 bridgehead atoms. The van der Waals surface area contributed by atoms with E-state index in [1.54, 1.807) is 6.92 Å². The molecule has 0 radical (unpaired) electrons. The Morgan fingerprint density at radius 1 is 1.80 bits per heavy atom. The zero-order valence-electron chi connectivity index (χ0n) is 6.13. The largest absolute Gasteiger partial charge is 0.394 e. The second-order valence-electron chi connectivity index (χ2n) is 2.19. The number of hydrogen-bond acceptors (Lipinski definition) is 3. The van der Waals surface area contributed by atoms with E-state index in [1.165, 1.54) is 0 Å². The summed E-state index contributed by atoms with van der Waals surface area (Å²) in [6, 6.07) is -0.168. The van der Waals surface area contributed by atoms with Gasteiger partial charge in [-0.3, -0.25) is 4.79 Å². The Bertz CT molecular complexity index is 106. The van der Waals surface area contributed by atoms with Gasteiger partial charge in [-0.25, -0.2) is 0 Å². The van der Waals surface area contributed by atoms with Gasteiger partial charge >= 0.3 is 0 Å². The van der Waals surface area contributed by atoms with Gasteiger partial charge < -0.3 is 16.2 Å². The molecule has 1 atom stereocenters. The molecule has 4 heteroatoms. The van der Waals surface area contributed by atoms with Crippen molar-refractivity contribution in [2.45, 2.75) is 19.4 Å². The Morgan fingerprint density at radius 3 is 2.80 bits per heavy atom. The first kappa shape index (κ1) is 9.39. The summed E-state index contributed by atoms with van der Waals surface area (Å²) < 4.78 is 0. The van der Waals surface area contributed by atoms with Gasteiger partial charge in [0, 0.05) is 19.0 Å². The van der Waals surface area contributed by atoms with Crippen molar-refractivity contribution in [1.29, 1.82) is 0 Å². The van der Waals surface area contributed by atoms with Crippen molar-refractivity contribution in [2.75, 3.05) is 13.2 Å². The third-order valence-electron chi connectivity index (χ3n) is 1.05. The first-order valence-corrected chi connectivity index (χ1v) is 3.31. The summed E-state index contributed by atoms with van der Waals surface area (Å²) in [5.41, 5.74) is 5.12. The van der Waals surface area contributed by atoms with Crippen molar-refractivity contribution in [3.8, 4) is 0 Å². The third-order valence-corrected chi connectivity index (χ3v) is 1.05. The van der Waals surface area contributed by atoms with Crippen molar-refractivity contribution < 1.29 is 9.90 Å². The van der Waals surface area contributed by atoms with E-state index in [0.717, 1.165) is 0 Å². The second-order valence-corrected chi connectivity index (χ2v) is 2.19. The van der Waals surface area contributed by atoms with Gasteiger partial charge in [-0.05, 0) is 6.92 Å². The van der Waals surface area contributed by atoms with Gasteiger partial charge in [0.1, 0.15) is 0 Å². The second kappa shape index (κ2) is 5.20. The lowest BCUT2D eigenvalue weighted by atomic mass is 10.3. The molecule has 1 amide bonds. The van der Waals surface area contributed by atoms with Crippen LogP contribution in [0.2, 0.25) is 0 Å². The van der Waals surface area contributed by atoms with E-state index in [1.807, 2.05) is 0 Å². The average molecular weight is 146 g/mol. The highest BCUT2D eigenvalue weighted by Gasteiger charge is 2.03. The van der Waals surface area contributed by atoms with Crippen LogP contribution in [-0.2, 0) is 4.79 Å². The number of aliphatic hydroxyl groups excluding tert-OH is 1. The summed E-state index contributed by atoms with van der Waals surface area (Å²) >= 11 is 0. The molecule has 0 spiro atoms. The number of carbonyl (C=O) groups is 1. The zero-order chi connectivity index (χ0) is 7.98. The van der Waals surface area contributed by atoms with Gasteiger partial charge in [0.25, 0.3) is 0 Å². The molecule has 0 fully saturated rings. The van der Waals surface area contributed by atoms with Crippen molar-refractivity contribution in [3.63, 3.8) is 0 Å². The molecule has 0 aromatic carbocycles. The summed E-state index contributed by atoms with van der Waals surface area (Å²) in [7, 11) is 0. The lowest BCUT2D eigenvalue weighted by molar-refractivity contribution is -0.121. The standard InChI is InChI=1S/C6H14N2O2/c1-5(4-9)8-6(10)2-3-7/h5,9H,2-4,7H2,1H3,(H,8,10)/t5-/m1/s1. The smallest absolute Gasteiger partial charge is 0.221 e. The topological polar surface area (TPSA) is 75.3 Å². The molecule has 0 aromatic rings. The fourth-order valence-corrected chi connectivity index (χ4v) is 0.524. The number of amides is 1. The van der Waals surface area contributed by atoms with E-state index in [2.05, 4.69) is 5.32 Å². The van der Waals surface area contributed by atoms with Crippen LogP contribution in [0.3, 0.4) is 0 Å². The van der Waals surface area contributed by atoms with Gasteiger partial charge in [0.15, 0.2) is 0 Å². The molecule has 4 nitrogen and oxygen atoms in total. The highest BCUT2D eigenvalue weighted by atomic mass is 16.3. The summed E-state index contributed by atoms with van der Waals surface area (Å²) in [5, 5.41) is 11.1. The Kier molecular flexibility index (Phi) is 4.88. The van der Waals surface area contributed by atoms with Gasteiger partial charge in [0.05, 0.1) is 6.61 Å². The van der Waals surface area contributed by atoms with E-state index in [0.29, 0.717) is 13.0 Å². The van der Waals surface area contributed by atoms with Crippen LogP contribution in [-0.4, -0.2) is 30.2 Å². The predicted octanol–water partition coefficient (Wildman–Crippen LogP) is -1.17. The van der Waals surface area contributed by atoms with Crippen molar-refractivity contribution in [2.24, 2.45) is 5.73 Å². The van der Waals surface area contributed by atoms with Gasteiger partial charge in [-0.15, -0.1) is 0 Å².